The van der Waals surface area contributed by atoms with E-state index in [1.165, 1.54) is 5.56 Å². The fourth-order valence-corrected chi connectivity index (χ4v) is 2.65. The number of amides is 1. The van der Waals surface area contributed by atoms with Crippen LogP contribution in [0.25, 0.3) is 0 Å². The Bertz CT molecular complexity index is 881. The van der Waals surface area contributed by atoms with Gasteiger partial charge in [0.2, 0.25) is 0 Å². The van der Waals surface area contributed by atoms with Gasteiger partial charge in [0.25, 0.3) is 5.91 Å². The largest absolute Gasteiger partial charge is 0.340 e. The number of anilines is 3. The normalized spacial score (nSPS) is 10.4. The van der Waals surface area contributed by atoms with Crippen LogP contribution in [-0.4, -0.2) is 10.9 Å². The van der Waals surface area contributed by atoms with Gasteiger partial charge < -0.3 is 10.6 Å². The van der Waals surface area contributed by atoms with Crippen LogP contribution in [0.1, 0.15) is 27.0 Å². The molecule has 25 heavy (non-hydrogen) atoms. The standard InChI is InChI=1S/C21H21N3O/c1-14-9-11-17(12-10-14)23-20-18(8-5-13-22-20)21(25)24-19-15(2)6-4-7-16(19)3/h4-13H,1-3H3,(H,22,23)(H,24,25). The molecule has 126 valence electrons. The summed E-state index contributed by atoms with van der Waals surface area (Å²) >= 11 is 0. The highest BCUT2D eigenvalue weighted by Gasteiger charge is 2.14. The van der Waals surface area contributed by atoms with E-state index in [9.17, 15) is 4.79 Å². The van der Waals surface area contributed by atoms with Gasteiger partial charge in [-0.15, -0.1) is 0 Å². The van der Waals surface area contributed by atoms with Crippen LogP contribution >= 0.6 is 0 Å². The Balaban J connectivity index is 1.87. The number of carbonyl (C=O) groups excluding carboxylic acids is 1. The monoisotopic (exact) mass is 331 g/mol. The van der Waals surface area contributed by atoms with Crippen molar-refractivity contribution in [1.29, 1.82) is 0 Å². The molecule has 0 saturated carbocycles. The van der Waals surface area contributed by atoms with E-state index in [1.54, 1.807) is 18.3 Å². The number of pyridine rings is 1. The Morgan fingerprint density at radius 1 is 0.880 bits per heavy atom. The zero-order valence-electron chi connectivity index (χ0n) is 14.6. The summed E-state index contributed by atoms with van der Waals surface area (Å²) in [5.74, 6) is 0.357. The highest BCUT2D eigenvalue weighted by molar-refractivity contribution is 6.08. The number of hydrogen-bond donors (Lipinski definition) is 2. The average molecular weight is 331 g/mol. The van der Waals surface area contributed by atoms with E-state index in [1.807, 2.05) is 63.2 Å². The van der Waals surface area contributed by atoms with Crippen molar-refractivity contribution in [3.05, 3.63) is 83.0 Å². The molecule has 3 aromatic rings. The van der Waals surface area contributed by atoms with Crippen molar-refractivity contribution in [2.75, 3.05) is 10.6 Å². The summed E-state index contributed by atoms with van der Waals surface area (Å²) in [5, 5.41) is 6.23. The van der Waals surface area contributed by atoms with Crippen LogP contribution in [0.15, 0.2) is 60.8 Å². The Morgan fingerprint density at radius 2 is 1.56 bits per heavy atom. The lowest BCUT2D eigenvalue weighted by atomic mass is 10.1. The fraction of sp³-hybridized carbons (Fsp3) is 0.143. The Kier molecular flexibility index (Phi) is 4.80. The average Bonchev–Trinajstić information content (AvgIpc) is 2.60. The summed E-state index contributed by atoms with van der Waals surface area (Å²) in [5.41, 5.74) is 5.49. The van der Waals surface area contributed by atoms with Gasteiger partial charge in [-0.3, -0.25) is 4.79 Å². The van der Waals surface area contributed by atoms with Gasteiger partial charge >= 0.3 is 0 Å². The number of aryl methyl sites for hydroxylation is 3. The second kappa shape index (κ2) is 7.18. The number of nitrogens with zero attached hydrogens (tertiary/aromatic N) is 1. The maximum absolute atomic E-state index is 12.8. The van der Waals surface area contributed by atoms with Crippen molar-refractivity contribution in [2.24, 2.45) is 0 Å². The SMILES string of the molecule is Cc1ccc(Nc2ncccc2C(=O)Nc2c(C)cccc2C)cc1. The molecule has 1 amide bonds. The second-order valence-corrected chi connectivity index (χ2v) is 6.11. The first-order valence-electron chi connectivity index (χ1n) is 8.21. The lowest BCUT2D eigenvalue weighted by Gasteiger charge is -2.14. The van der Waals surface area contributed by atoms with Crippen molar-refractivity contribution in [3.63, 3.8) is 0 Å². The molecule has 0 saturated heterocycles. The first-order valence-corrected chi connectivity index (χ1v) is 8.21. The molecule has 1 aromatic heterocycles. The lowest BCUT2D eigenvalue weighted by molar-refractivity contribution is 0.102. The molecule has 2 N–H and O–H groups in total. The predicted molar refractivity (Wildman–Crippen MR) is 103 cm³/mol. The smallest absolute Gasteiger partial charge is 0.259 e. The Morgan fingerprint density at radius 3 is 2.24 bits per heavy atom. The molecule has 0 radical (unpaired) electrons. The minimum atomic E-state index is -0.180. The van der Waals surface area contributed by atoms with E-state index in [0.29, 0.717) is 11.4 Å². The quantitative estimate of drug-likeness (QED) is 0.707. The van der Waals surface area contributed by atoms with Gasteiger partial charge in [-0.05, 0) is 56.2 Å². The number of rotatable bonds is 4. The van der Waals surface area contributed by atoms with E-state index < -0.39 is 0 Å². The lowest BCUT2D eigenvalue weighted by Crippen LogP contribution is -2.16. The van der Waals surface area contributed by atoms with Crippen molar-refractivity contribution < 1.29 is 4.79 Å². The van der Waals surface area contributed by atoms with Crippen LogP contribution in [0.5, 0.6) is 0 Å². The van der Waals surface area contributed by atoms with E-state index in [4.69, 9.17) is 0 Å². The number of benzene rings is 2. The molecule has 0 unspecified atom stereocenters. The van der Waals surface area contributed by atoms with Gasteiger partial charge in [-0.25, -0.2) is 4.98 Å². The third-order valence-electron chi connectivity index (χ3n) is 4.09. The van der Waals surface area contributed by atoms with Crippen molar-refractivity contribution in [1.82, 2.24) is 4.98 Å². The van der Waals surface area contributed by atoms with E-state index in [2.05, 4.69) is 15.6 Å². The molecule has 3 rings (SSSR count). The van der Waals surface area contributed by atoms with Crippen LogP contribution in [0, 0.1) is 20.8 Å². The summed E-state index contributed by atoms with van der Waals surface area (Å²) in [6.07, 6.45) is 1.67. The maximum atomic E-state index is 12.8. The van der Waals surface area contributed by atoms with Crippen LogP contribution in [-0.2, 0) is 0 Å². The molecule has 0 spiro atoms. The molecule has 1 heterocycles. The third kappa shape index (κ3) is 3.86. The van der Waals surface area contributed by atoms with E-state index in [-0.39, 0.29) is 5.91 Å². The van der Waals surface area contributed by atoms with Gasteiger partial charge in [0, 0.05) is 17.6 Å². The van der Waals surface area contributed by atoms with E-state index in [0.717, 1.165) is 22.5 Å². The fourth-order valence-electron chi connectivity index (χ4n) is 2.65. The van der Waals surface area contributed by atoms with Gasteiger partial charge in [-0.2, -0.15) is 0 Å². The molecule has 0 atom stereocenters. The molecular formula is C21H21N3O. The zero-order valence-corrected chi connectivity index (χ0v) is 14.6. The second-order valence-electron chi connectivity index (χ2n) is 6.11. The van der Waals surface area contributed by atoms with Gasteiger partial charge in [-0.1, -0.05) is 35.9 Å². The molecular weight excluding hydrogens is 310 g/mol. The highest BCUT2D eigenvalue weighted by atomic mass is 16.1. The third-order valence-corrected chi connectivity index (χ3v) is 4.09. The minimum Gasteiger partial charge on any atom is -0.340 e. The highest BCUT2D eigenvalue weighted by Crippen LogP contribution is 2.23. The van der Waals surface area contributed by atoms with Gasteiger partial charge in [0.1, 0.15) is 5.82 Å². The molecule has 0 bridgehead atoms. The predicted octanol–water partition coefficient (Wildman–Crippen LogP) is 5.00. The molecule has 2 aromatic carbocycles. The molecule has 4 heteroatoms. The molecule has 4 nitrogen and oxygen atoms in total. The molecule has 0 aliphatic rings. The number of hydrogen-bond acceptors (Lipinski definition) is 3. The van der Waals surface area contributed by atoms with Crippen molar-refractivity contribution in [3.8, 4) is 0 Å². The van der Waals surface area contributed by atoms with Gasteiger partial charge in [0.15, 0.2) is 0 Å². The summed E-state index contributed by atoms with van der Waals surface area (Å²) in [6.45, 7) is 6.00. The first kappa shape index (κ1) is 16.7. The Hall–Kier alpha value is -3.14. The molecule has 0 fully saturated rings. The number of para-hydroxylation sites is 1. The summed E-state index contributed by atoms with van der Waals surface area (Å²) < 4.78 is 0. The minimum absolute atomic E-state index is 0.180. The van der Waals surface area contributed by atoms with Crippen LogP contribution < -0.4 is 10.6 Å². The van der Waals surface area contributed by atoms with Crippen molar-refractivity contribution >= 4 is 23.1 Å². The number of carbonyl (C=O) groups is 1. The zero-order chi connectivity index (χ0) is 17.8. The first-order chi connectivity index (χ1) is 12.0. The van der Waals surface area contributed by atoms with Crippen LogP contribution in [0.4, 0.5) is 17.2 Å². The summed E-state index contributed by atoms with van der Waals surface area (Å²) in [7, 11) is 0. The van der Waals surface area contributed by atoms with Crippen molar-refractivity contribution in [2.45, 2.75) is 20.8 Å². The van der Waals surface area contributed by atoms with Gasteiger partial charge in [0.05, 0.1) is 5.56 Å². The Labute approximate surface area is 147 Å². The topological polar surface area (TPSA) is 54.0 Å². The molecule has 0 aliphatic heterocycles. The van der Waals surface area contributed by atoms with E-state index >= 15 is 0 Å². The number of aromatic nitrogens is 1. The molecule has 0 aliphatic carbocycles. The van der Waals surface area contributed by atoms with Crippen LogP contribution in [0.2, 0.25) is 0 Å². The summed E-state index contributed by atoms with van der Waals surface area (Å²) in [4.78, 5) is 17.1. The van der Waals surface area contributed by atoms with Crippen LogP contribution in [0.3, 0.4) is 0 Å². The number of nitrogens with one attached hydrogen (secondary N) is 2. The summed E-state index contributed by atoms with van der Waals surface area (Å²) in [6, 6.07) is 17.5. The maximum Gasteiger partial charge on any atom is 0.259 e.